The first kappa shape index (κ1) is 16.4. The molecule has 1 atom stereocenters. The molecule has 0 aliphatic carbocycles. The van der Waals surface area contributed by atoms with Gasteiger partial charge in [-0.15, -0.1) is 0 Å². The molecule has 22 heavy (non-hydrogen) atoms. The Morgan fingerprint density at radius 1 is 1.05 bits per heavy atom. The number of carbonyl (C=O) groups is 1. The molecule has 0 bridgehead atoms. The summed E-state index contributed by atoms with van der Waals surface area (Å²) in [5, 5.41) is 0. The summed E-state index contributed by atoms with van der Waals surface area (Å²) < 4.78 is 5.19. The van der Waals surface area contributed by atoms with Crippen LogP contribution in [-0.4, -0.2) is 37.5 Å². The molecule has 116 valence electrons. The third-order valence-electron chi connectivity index (χ3n) is 3.78. The Hall–Kier alpha value is -1.97. The highest BCUT2D eigenvalue weighted by molar-refractivity contribution is 6.00. The van der Waals surface area contributed by atoms with Gasteiger partial charge in [-0.1, -0.05) is 67.6 Å². The van der Waals surface area contributed by atoms with Crippen molar-refractivity contribution in [3.8, 4) is 0 Å². The van der Waals surface area contributed by atoms with Crippen molar-refractivity contribution >= 4 is 5.78 Å². The van der Waals surface area contributed by atoms with Crippen molar-refractivity contribution in [2.45, 2.75) is 13.0 Å². The predicted molar refractivity (Wildman–Crippen MR) is 89.1 cm³/mol. The lowest BCUT2D eigenvalue weighted by atomic mass is 9.96. The van der Waals surface area contributed by atoms with E-state index in [1.54, 1.807) is 7.11 Å². The Bertz CT molecular complexity index is 569. The number of likely N-dealkylation sites (N-methyl/N-ethyl adjacent to an activating group) is 1. The van der Waals surface area contributed by atoms with E-state index in [4.69, 9.17) is 4.74 Å². The molecule has 3 heteroatoms. The van der Waals surface area contributed by atoms with Gasteiger partial charge < -0.3 is 4.74 Å². The van der Waals surface area contributed by atoms with E-state index < -0.39 is 0 Å². The summed E-state index contributed by atoms with van der Waals surface area (Å²) in [5.41, 5.74) is 1.77. The average molecular weight is 297 g/mol. The number of hydrogen-bond donors (Lipinski definition) is 0. The van der Waals surface area contributed by atoms with Crippen LogP contribution in [-0.2, 0) is 4.74 Å². The standard InChI is InChI=1S/C19H23NO2/c1-3-20(14-15-22-2)18(16-10-6-4-7-11-16)19(21)17-12-8-5-9-13-17/h4-13,18H,3,14-15H2,1-2H3/t18-/m1/s1. The van der Waals surface area contributed by atoms with Gasteiger partial charge in [0.2, 0.25) is 0 Å². The van der Waals surface area contributed by atoms with Crippen molar-refractivity contribution in [2.75, 3.05) is 26.8 Å². The van der Waals surface area contributed by atoms with Crippen molar-refractivity contribution in [2.24, 2.45) is 0 Å². The van der Waals surface area contributed by atoms with Gasteiger partial charge in [0, 0.05) is 19.2 Å². The summed E-state index contributed by atoms with van der Waals surface area (Å²) in [7, 11) is 1.68. The van der Waals surface area contributed by atoms with E-state index in [-0.39, 0.29) is 11.8 Å². The molecule has 0 saturated heterocycles. The number of rotatable bonds is 8. The van der Waals surface area contributed by atoms with Crippen molar-refractivity contribution in [1.29, 1.82) is 0 Å². The van der Waals surface area contributed by atoms with Crippen LogP contribution in [0, 0.1) is 0 Å². The minimum Gasteiger partial charge on any atom is -0.383 e. The summed E-state index contributed by atoms with van der Waals surface area (Å²) >= 11 is 0. The second-order valence-electron chi connectivity index (χ2n) is 5.16. The lowest BCUT2D eigenvalue weighted by Gasteiger charge is -2.30. The maximum absolute atomic E-state index is 13.0. The second kappa shape index (κ2) is 8.47. The molecular weight excluding hydrogens is 274 g/mol. The van der Waals surface area contributed by atoms with E-state index in [1.807, 2.05) is 60.7 Å². The Morgan fingerprint density at radius 3 is 2.18 bits per heavy atom. The van der Waals surface area contributed by atoms with Gasteiger partial charge in [-0.05, 0) is 12.1 Å². The first-order valence-electron chi connectivity index (χ1n) is 7.65. The van der Waals surface area contributed by atoms with Gasteiger partial charge in [0.15, 0.2) is 5.78 Å². The molecule has 0 fully saturated rings. The van der Waals surface area contributed by atoms with Crippen molar-refractivity contribution in [3.63, 3.8) is 0 Å². The van der Waals surface area contributed by atoms with E-state index in [1.165, 1.54) is 0 Å². The Balaban J connectivity index is 2.34. The van der Waals surface area contributed by atoms with Gasteiger partial charge >= 0.3 is 0 Å². The van der Waals surface area contributed by atoms with Crippen LogP contribution < -0.4 is 0 Å². The molecular formula is C19H23NO2. The number of benzene rings is 2. The van der Waals surface area contributed by atoms with Crippen LogP contribution in [0.15, 0.2) is 60.7 Å². The maximum Gasteiger partial charge on any atom is 0.184 e. The molecule has 2 aromatic carbocycles. The summed E-state index contributed by atoms with van der Waals surface area (Å²) in [4.78, 5) is 15.2. The highest BCUT2D eigenvalue weighted by atomic mass is 16.5. The molecule has 2 aromatic rings. The third kappa shape index (κ3) is 4.03. The maximum atomic E-state index is 13.0. The van der Waals surface area contributed by atoms with Crippen LogP contribution in [0.2, 0.25) is 0 Å². The van der Waals surface area contributed by atoms with Gasteiger partial charge in [-0.25, -0.2) is 0 Å². The smallest absolute Gasteiger partial charge is 0.184 e. The van der Waals surface area contributed by atoms with Gasteiger partial charge in [0.1, 0.15) is 0 Å². The molecule has 0 N–H and O–H groups in total. The van der Waals surface area contributed by atoms with Crippen LogP contribution in [0.5, 0.6) is 0 Å². The summed E-state index contributed by atoms with van der Waals surface area (Å²) in [5.74, 6) is 0.129. The number of ketones is 1. The zero-order valence-electron chi connectivity index (χ0n) is 13.2. The van der Waals surface area contributed by atoms with Gasteiger partial charge in [0.25, 0.3) is 0 Å². The molecule has 2 rings (SSSR count). The highest BCUT2D eigenvalue weighted by Crippen LogP contribution is 2.25. The topological polar surface area (TPSA) is 29.5 Å². The number of methoxy groups -OCH3 is 1. The molecule has 0 aromatic heterocycles. The van der Waals surface area contributed by atoms with Crippen LogP contribution >= 0.6 is 0 Å². The number of hydrogen-bond acceptors (Lipinski definition) is 3. The first-order chi connectivity index (χ1) is 10.8. The zero-order valence-corrected chi connectivity index (χ0v) is 13.2. The van der Waals surface area contributed by atoms with Crippen LogP contribution in [0.25, 0.3) is 0 Å². The van der Waals surface area contributed by atoms with Gasteiger partial charge in [-0.2, -0.15) is 0 Å². The fourth-order valence-corrected chi connectivity index (χ4v) is 2.60. The van der Waals surface area contributed by atoms with Crippen molar-refractivity contribution in [3.05, 3.63) is 71.8 Å². The summed E-state index contributed by atoms with van der Waals surface area (Å²) in [6.07, 6.45) is 0. The lowest BCUT2D eigenvalue weighted by molar-refractivity contribution is 0.0761. The van der Waals surface area contributed by atoms with E-state index in [9.17, 15) is 4.79 Å². The molecule has 3 nitrogen and oxygen atoms in total. The van der Waals surface area contributed by atoms with Crippen LogP contribution in [0.4, 0.5) is 0 Å². The van der Waals surface area contributed by atoms with Crippen LogP contribution in [0.3, 0.4) is 0 Å². The van der Waals surface area contributed by atoms with Crippen LogP contribution in [0.1, 0.15) is 28.9 Å². The highest BCUT2D eigenvalue weighted by Gasteiger charge is 2.27. The van der Waals surface area contributed by atoms with Gasteiger partial charge in [0.05, 0.1) is 12.6 Å². The minimum absolute atomic E-state index is 0.129. The third-order valence-corrected chi connectivity index (χ3v) is 3.78. The molecule has 0 aliphatic rings. The number of Topliss-reactive ketones (excluding diaryl/α,β-unsaturated/α-hetero) is 1. The second-order valence-corrected chi connectivity index (χ2v) is 5.16. The molecule has 0 aliphatic heterocycles. The van der Waals surface area contributed by atoms with Gasteiger partial charge in [-0.3, -0.25) is 9.69 Å². The largest absolute Gasteiger partial charge is 0.383 e. The lowest BCUT2D eigenvalue weighted by Crippen LogP contribution is -2.36. The monoisotopic (exact) mass is 297 g/mol. The Kier molecular flexibility index (Phi) is 6.31. The van der Waals surface area contributed by atoms with Crippen molar-refractivity contribution in [1.82, 2.24) is 4.90 Å². The zero-order chi connectivity index (χ0) is 15.8. The molecule has 0 unspecified atom stereocenters. The molecule has 0 amide bonds. The Morgan fingerprint density at radius 2 is 1.64 bits per heavy atom. The first-order valence-corrected chi connectivity index (χ1v) is 7.65. The normalized spacial score (nSPS) is 12.3. The van der Waals surface area contributed by atoms with E-state index >= 15 is 0 Å². The van der Waals surface area contributed by atoms with Crippen molar-refractivity contribution < 1.29 is 9.53 Å². The number of carbonyl (C=O) groups excluding carboxylic acids is 1. The van der Waals surface area contributed by atoms with E-state index in [2.05, 4.69) is 11.8 Å². The fourth-order valence-electron chi connectivity index (χ4n) is 2.60. The molecule has 0 saturated carbocycles. The fraction of sp³-hybridized carbons (Fsp3) is 0.316. The number of nitrogens with zero attached hydrogens (tertiary/aromatic N) is 1. The summed E-state index contributed by atoms with van der Waals surface area (Å²) in [6.45, 7) is 4.20. The molecule has 0 radical (unpaired) electrons. The quantitative estimate of drug-likeness (QED) is 0.698. The summed E-state index contributed by atoms with van der Waals surface area (Å²) in [6, 6.07) is 19.2. The molecule has 0 heterocycles. The average Bonchev–Trinajstić information content (AvgIpc) is 2.59. The Labute approximate surface area is 132 Å². The minimum atomic E-state index is -0.274. The SMILES string of the molecule is CCN(CCOC)[C@@H](C(=O)c1ccccc1)c1ccccc1. The van der Waals surface area contributed by atoms with E-state index in [0.29, 0.717) is 6.61 Å². The number of ether oxygens (including phenoxy) is 1. The molecule has 0 spiro atoms. The van der Waals surface area contributed by atoms with E-state index in [0.717, 1.165) is 24.2 Å². The predicted octanol–water partition coefficient (Wildman–Crippen LogP) is 3.58.